The number of alkyl halides is 2. The molecule has 1 heterocycles. The van der Waals surface area contributed by atoms with Crippen LogP contribution < -0.4 is 4.74 Å². The van der Waals surface area contributed by atoms with Gasteiger partial charge in [-0.05, 0) is 36.6 Å². The van der Waals surface area contributed by atoms with Crippen LogP contribution in [0.15, 0.2) is 42.6 Å². The van der Waals surface area contributed by atoms with Crippen LogP contribution in [-0.4, -0.2) is 16.7 Å². The van der Waals surface area contributed by atoms with Gasteiger partial charge in [0.15, 0.2) is 5.78 Å². The molecule has 0 amide bonds. The molecule has 0 aliphatic heterocycles. The summed E-state index contributed by atoms with van der Waals surface area (Å²) in [4.78, 5) is 15.7. The first-order chi connectivity index (χ1) is 11.4. The summed E-state index contributed by atoms with van der Waals surface area (Å²) in [5.41, 5.74) is 0.159. The molecule has 5 heteroatoms. The topological polar surface area (TPSA) is 39.2 Å². The van der Waals surface area contributed by atoms with Crippen LogP contribution in [0.2, 0.25) is 0 Å². The summed E-state index contributed by atoms with van der Waals surface area (Å²) >= 11 is 0. The van der Waals surface area contributed by atoms with Gasteiger partial charge in [0.1, 0.15) is 5.75 Å². The molecule has 1 aliphatic rings. The van der Waals surface area contributed by atoms with Crippen LogP contribution in [-0.2, 0) is 5.41 Å². The summed E-state index contributed by atoms with van der Waals surface area (Å²) in [7, 11) is 0. The number of hydrogen-bond acceptors (Lipinski definition) is 3. The first-order valence-electron chi connectivity index (χ1n) is 8.01. The maximum absolute atomic E-state index is 13.8. The largest absolute Gasteiger partial charge is 0.439 e. The van der Waals surface area contributed by atoms with Gasteiger partial charge in [0, 0.05) is 31.2 Å². The maximum Gasteiger partial charge on any atom is 0.254 e. The van der Waals surface area contributed by atoms with Crippen LogP contribution in [0.4, 0.5) is 8.78 Å². The van der Waals surface area contributed by atoms with Crippen LogP contribution in [0.3, 0.4) is 0 Å². The van der Waals surface area contributed by atoms with Gasteiger partial charge in [-0.3, -0.25) is 4.79 Å². The highest BCUT2D eigenvalue weighted by atomic mass is 19.3. The minimum absolute atomic E-state index is 0.0219. The number of rotatable bonds is 6. The number of Topliss-reactive ketones (excluding diaryl/α,β-unsaturated/α-hetero) is 1. The zero-order valence-electron chi connectivity index (χ0n) is 13.7. The van der Waals surface area contributed by atoms with Crippen molar-refractivity contribution in [1.82, 2.24) is 4.98 Å². The molecule has 2 aromatic rings. The van der Waals surface area contributed by atoms with E-state index in [1.165, 1.54) is 6.20 Å². The Labute approximate surface area is 139 Å². The second kappa shape index (κ2) is 5.96. The van der Waals surface area contributed by atoms with Gasteiger partial charge in [0.2, 0.25) is 5.88 Å². The molecule has 1 fully saturated rings. The van der Waals surface area contributed by atoms with E-state index in [9.17, 15) is 13.6 Å². The molecular formula is C19H19F2NO2. The summed E-state index contributed by atoms with van der Waals surface area (Å²) < 4.78 is 33.1. The molecule has 1 aliphatic carbocycles. The third kappa shape index (κ3) is 3.03. The molecule has 0 N–H and O–H groups in total. The number of halogens is 2. The number of ketones is 1. The third-order valence-electron chi connectivity index (χ3n) is 4.60. The predicted octanol–water partition coefficient (Wildman–Crippen LogP) is 5.15. The van der Waals surface area contributed by atoms with Crippen LogP contribution in [0.5, 0.6) is 11.6 Å². The van der Waals surface area contributed by atoms with Gasteiger partial charge in [0.25, 0.3) is 5.92 Å². The summed E-state index contributed by atoms with van der Waals surface area (Å²) in [5, 5.41) is 0. The Balaban J connectivity index is 1.72. The predicted molar refractivity (Wildman–Crippen MR) is 86.9 cm³/mol. The summed E-state index contributed by atoms with van der Waals surface area (Å²) in [6.07, 6.45) is 2.91. The number of carbonyl (C=O) groups excluding carboxylic acids is 1. The van der Waals surface area contributed by atoms with Gasteiger partial charge in [-0.2, -0.15) is 0 Å². The molecule has 24 heavy (non-hydrogen) atoms. The highest BCUT2D eigenvalue weighted by Crippen LogP contribution is 2.58. The zero-order chi connectivity index (χ0) is 17.4. The lowest BCUT2D eigenvalue weighted by molar-refractivity contribution is -0.0200. The van der Waals surface area contributed by atoms with Crippen molar-refractivity contribution >= 4 is 5.78 Å². The number of nitrogens with zero attached hydrogens (tertiary/aromatic N) is 1. The van der Waals surface area contributed by atoms with E-state index in [2.05, 4.69) is 4.98 Å². The SMILES string of the molecule is CCC(=O)c1ccc(Oc2ccc(C3(C(C)(F)F)CC3)cc2)nc1. The van der Waals surface area contributed by atoms with Crippen molar-refractivity contribution in [2.45, 2.75) is 44.4 Å². The minimum atomic E-state index is -2.72. The molecule has 126 valence electrons. The van der Waals surface area contributed by atoms with Gasteiger partial charge in [-0.1, -0.05) is 19.1 Å². The summed E-state index contributed by atoms with van der Waals surface area (Å²) in [6, 6.07) is 10.0. The van der Waals surface area contributed by atoms with Crippen molar-refractivity contribution in [2.24, 2.45) is 0 Å². The Morgan fingerprint density at radius 2 is 1.88 bits per heavy atom. The molecule has 0 unspecified atom stereocenters. The molecular weight excluding hydrogens is 312 g/mol. The average molecular weight is 331 g/mol. The second-order valence-corrected chi connectivity index (χ2v) is 6.26. The number of pyridine rings is 1. The van der Waals surface area contributed by atoms with E-state index in [4.69, 9.17) is 4.74 Å². The van der Waals surface area contributed by atoms with Crippen molar-refractivity contribution in [3.8, 4) is 11.6 Å². The Morgan fingerprint density at radius 1 is 1.21 bits per heavy atom. The number of ether oxygens (including phenoxy) is 1. The number of carbonyl (C=O) groups is 1. The van der Waals surface area contributed by atoms with Crippen LogP contribution in [0, 0.1) is 0 Å². The fraction of sp³-hybridized carbons (Fsp3) is 0.368. The van der Waals surface area contributed by atoms with E-state index in [-0.39, 0.29) is 5.78 Å². The van der Waals surface area contributed by atoms with E-state index in [1.807, 2.05) is 0 Å². The van der Waals surface area contributed by atoms with Crippen LogP contribution in [0.1, 0.15) is 49.0 Å². The molecule has 1 aromatic heterocycles. The maximum atomic E-state index is 13.8. The highest BCUT2D eigenvalue weighted by Gasteiger charge is 2.59. The molecule has 3 rings (SSSR count). The Kier molecular flexibility index (Phi) is 4.11. The molecule has 0 atom stereocenters. The zero-order valence-corrected chi connectivity index (χ0v) is 13.7. The standard InChI is InChI=1S/C19H19F2NO2/c1-3-16(23)13-4-9-17(22-12-13)24-15-7-5-14(6-8-15)19(10-11-19)18(2,20)21/h4-9,12H,3,10-11H2,1-2H3. The normalized spacial score (nSPS) is 15.8. The van der Waals surface area contributed by atoms with E-state index < -0.39 is 11.3 Å². The number of benzene rings is 1. The van der Waals surface area contributed by atoms with Gasteiger partial charge in [-0.25, -0.2) is 13.8 Å². The van der Waals surface area contributed by atoms with Crippen molar-refractivity contribution in [3.63, 3.8) is 0 Å². The number of hydrogen-bond donors (Lipinski definition) is 0. The quantitative estimate of drug-likeness (QED) is 0.687. The fourth-order valence-corrected chi connectivity index (χ4v) is 2.88. The molecule has 0 spiro atoms. The van der Waals surface area contributed by atoms with Gasteiger partial charge < -0.3 is 4.74 Å². The Hall–Kier alpha value is -2.30. The molecule has 1 aromatic carbocycles. The average Bonchev–Trinajstić information content (AvgIpc) is 3.37. The van der Waals surface area contributed by atoms with Gasteiger partial charge in [0.05, 0.1) is 5.41 Å². The van der Waals surface area contributed by atoms with Crippen molar-refractivity contribution in [1.29, 1.82) is 0 Å². The highest BCUT2D eigenvalue weighted by molar-refractivity contribution is 5.95. The summed E-state index contributed by atoms with van der Waals surface area (Å²) in [5.74, 6) is -1.82. The molecule has 3 nitrogen and oxygen atoms in total. The fourth-order valence-electron chi connectivity index (χ4n) is 2.88. The lowest BCUT2D eigenvalue weighted by Gasteiger charge is -2.23. The van der Waals surface area contributed by atoms with Gasteiger partial charge in [-0.15, -0.1) is 0 Å². The van der Waals surface area contributed by atoms with Gasteiger partial charge >= 0.3 is 0 Å². The monoisotopic (exact) mass is 331 g/mol. The summed E-state index contributed by atoms with van der Waals surface area (Å²) in [6.45, 7) is 2.77. The van der Waals surface area contributed by atoms with Crippen molar-refractivity contribution in [3.05, 3.63) is 53.7 Å². The third-order valence-corrected chi connectivity index (χ3v) is 4.60. The van der Waals surface area contributed by atoms with E-state index in [1.54, 1.807) is 43.3 Å². The molecule has 0 bridgehead atoms. The minimum Gasteiger partial charge on any atom is -0.439 e. The lowest BCUT2D eigenvalue weighted by Crippen LogP contribution is -2.29. The Bertz CT molecular complexity index is 729. The smallest absolute Gasteiger partial charge is 0.254 e. The van der Waals surface area contributed by atoms with Crippen molar-refractivity contribution in [2.75, 3.05) is 0 Å². The van der Waals surface area contributed by atoms with E-state index in [0.717, 1.165) is 6.92 Å². The Morgan fingerprint density at radius 3 is 2.33 bits per heavy atom. The second-order valence-electron chi connectivity index (χ2n) is 6.26. The van der Waals surface area contributed by atoms with Crippen molar-refractivity contribution < 1.29 is 18.3 Å². The van der Waals surface area contributed by atoms with Crippen LogP contribution in [0.25, 0.3) is 0 Å². The first-order valence-corrected chi connectivity index (χ1v) is 8.01. The van der Waals surface area contributed by atoms with Crippen LogP contribution >= 0.6 is 0 Å². The molecule has 0 saturated heterocycles. The molecule has 0 radical (unpaired) electrons. The lowest BCUT2D eigenvalue weighted by atomic mass is 9.90. The van der Waals surface area contributed by atoms with E-state index in [0.29, 0.717) is 42.0 Å². The van der Waals surface area contributed by atoms with E-state index >= 15 is 0 Å². The first kappa shape index (κ1) is 16.6. The number of aromatic nitrogens is 1. The molecule has 1 saturated carbocycles.